The molecular formula is C9H15N3O3. The fourth-order valence-electron chi connectivity index (χ4n) is 2.04. The van der Waals surface area contributed by atoms with Gasteiger partial charge in [0.1, 0.15) is 5.54 Å². The van der Waals surface area contributed by atoms with Crippen molar-refractivity contribution in [3.05, 3.63) is 0 Å². The number of carbonyl (C=O) groups is 2. The van der Waals surface area contributed by atoms with E-state index in [0.29, 0.717) is 26.1 Å². The SMILES string of the molecule is COCCN1C(=O)N[C@@]2(CCNC2)C1=O. The molecule has 0 saturated carbocycles. The summed E-state index contributed by atoms with van der Waals surface area (Å²) in [5, 5.41) is 5.85. The highest BCUT2D eigenvalue weighted by molar-refractivity contribution is 6.07. The van der Waals surface area contributed by atoms with Crippen molar-refractivity contribution in [1.29, 1.82) is 0 Å². The van der Waals surface area contributed by atoms with E-state index in [9.17, 15) is 9.59 Å². The second-order valence-electron chi connectivity index (χ2n) is 3.89. The van der Waals surface area contributed by atoms with E-state index in [1.165, 1.54) is 4.90 Å². The molecule has 2 saturated heterocycles. The molecule has 2 fully saturated rings. The Bertz CT molecular complexity index is 286. The number of amides is 3. The summed E-state index contributed by atoms with van der Waals surface area (Å²) in [5.74, 6) is -0.130. The summed E-state index contributed by atoms with van der Waals surface area (Å²) in [5.41, 5.74) is -0.690. The average Bonchev–Trinajstić information content (AvgIpc) is 2.75. The second-order valence-corrected chi connectivity index (χ2v) is 3.89. The highest BCUT2D eigenvalue weighted by atomic mass is 16.5. The van der Waals surface area contributed by atoms with Crippen molar-refractivity contribution in [2.24, 2.45) is 0 Å². The maximum absolute atomic E-state index is 12.0. The molecule has 0 radical (unpaired) electrons. The van der Waals surface area contributed by atoms with Gasteiger partial charge >= 0.3 is 6.03 Å². The second kappa shape index (κ2) is 3.79. The molecule has 6 heteroatoms. The van der Waals surface area contributed by atoms with Crippen LogP contribution in [0.5, 0.6) is 0 Å². The molecule has 2 heterocycles. The van der Waals surface area contributed by atoms with Gasteiger partial charge < -0.3 is 15.4 Å². The minimum atomic E-state index is -0.690. The summed E-state index contributed by atoms with van der Waals surface area (Å²) in [4.78, 5) is 24.8. The Morgan fingerprint density at radius 1 is 1.53 bits per heavy atom. The molecule has 0 bridgehead atoms. The molecule has 0 aromatic carbocycles. The van der Waals surface area contributed by atoms with E-state index in [2.05, 4.69) is 10.6 Å². The first-order valence-corrected chi connectivity index (χ1v) is 5.03. The lowest BCUT2D eigenvalue weighted by molar-refractivity contribution is -0.131. The Morgan fingerprint density at radius 3 is 2.93 bits per heavy atom. The molecule has 2 N–H and O–H groups in total. The fraction of sp³-hybridized carbons (Fsp3) is 0.778. The number of nitrogens with zero attached hydrogens (tertiary/aromatic N) is 1. The quantitative estimate of drug-likeness (QED) is 0.585. The Labute approximate surface area is 87.9 Å². The Morgan fingerprint density at radius 2 is 2.33 bits per heavy atom. The minimum absolute atomic E-state index is 0.130. The molecular weight excluding hydrogens is 198 g/mol. The van der Waals surface area contributed by atoms with Crippen molar-refractivity contribution in [2.75, 3.05) is 33.4 Å². The summed E-state index contributed by atoms with van der Waals surface area (Å²) in [6, 6.07) is -0.305. The highest BCUT2D eigenvalue weighted by Crippen LogP contribution is 2.23. The van der Waals surface area contributed by atoms with Gasteiger partial charge in [-0.05, 0) is 13.0 Å². The summed E-state index contributed by atoms with van der Waals surface area (Å²) in [6.45, 7) is 2.00. The van der Waals surface area contributed by atoms with Crippen LogP contribution in [0.2, 0.25) is 0 Å². The largest absolute Gasteiger partial charge is 0.383 e. The van der Waals surface area contributed by atoms with E-state index in [1.54, 1.807) is 7.11 Å². The normalized spacial score (nSPS) is 30.3. The number of methoxy groups -OCH3 is 1. The first-order chi connectivity index (χ1) is 7.19. The van der Waals surface area contributed by atoms with E-state index in [4.69, 9.17) is 4.74 Å². The lowest BCUT2D eigenvalue weighted by Gasteiger charge is -2.18. The third-order valence-electron chi connectivity index (χ3n) is 2.92. The Balaban J connectivity index is 2.08. The summed E-state index contributed by atoms with van der Waals surface area (Å²) >= 11 is 0. The number of carbonyl (C=O) groups excluding carboxylic acids is 2. The van der Waals surface area contributed by atoms with Crippen LogP contribution in [0.3, 0.4) is 0 Å². The van der Waals surface area contributed by atoms with E-state index in [0.717, 1.165) is 6.54 Å². The van der Waals surface area contributed by atoms with Crippen LogP contribution >= 0.6 is 0 Å². The zero-order chi connectivity index (χ0) is 10.9. The monoisotopic (exact) mass is 213 g/mol. The molecule has 2 aliphatic heterocycles. The molecule has 6 nitrogen and oxygen atoms in total. The van der Waals surface area contributed by atoms with Gasteiger partial charge in [-0.15, -0.1) is 0 Å². The third kappa shape index (κ3) is 1.59. The lowest BCUT2D eigenvalue weighted by Crippen LogP contribution is -2.48. The molecule has 84 valence electrons. The van der Waals surface area contributed by atoms with Crippen LogP contribution in [0.15, 0.2) is 0 Å². The van der Waals surface area contributed by atoms with Crippen LogP contribution in [0, 0.1) is 0 Å². The highest BCUT2D eigenvalue weighted by Gasteiger charge is 2.52. The molecule has 3 amide bonds. The van der Waals surface area contributed by atoms with E-state index in [1.807, 2.05) is 0 Å². The van der Waals surface area contributed by atoms with Crippen molar-refractivity contribution in [3.63, 3.8) is 0 Å². The van der Waals surface area contributed by atoms with Gasteiger partial charge in [0, 0.05) is 13.7 Å². The van der Waals surface area contributed by atoms with Crippen LogP contribution in [0.1, 0.15) is 6.42 Å². The molecule has 0 aromatic rings. The number of imide groups is 1. The molecule has 0 aromatic heterocycles. The van der Waals surface area contributed by atoms with E-state index in [-0.39, 0.29) is 11.9 Å². The zero-order valence-corrected chi connectivity index (χ0v) is 8.71. The summed E-state index contributed by atoms with van der Waals surface area (Å²) in [7, 11) is 1.55. The van der Waals surface area contributed by atoms with E-state index >= 15 is 0 Å². The zero-order valence-electron chi connectivity index (χ0n) is 8.71. The third-order valence-corrected chi connectivity index (χ3v) is 2.92. The first kappa shape index (κ1) is 10.4. The first-order valence-electron chi connectivity index (χ1n) is 5.03. The minimum Gasteiger partial charge on any atom is -0.383 e. The Hall–Kier alpha value is -1.14. The molecule has 0 aliphatic carbocycles. The predicted molar refractivity (Wildman–Crippen MR) is 52.3 cm³/mol. The van der Waals surface area contributed by atoms with Crippen LogP contribution in [-0.4, -0.2) is 55.7 Å². The van der Waals surface area contributed by atoms with Gasteiger partial charge in [-0.25, -0.2) is 4.79 Å². The van der Waals surface area contributed by atoms with Crippen molar-refractivity contribution in [1.82, 2.24) is 15.5 Å². The van der Waals surface area contributed by atoms with Gasteiger partial charge in [0.15, 0.2) is 0 Å². The van der Waals surface area contributed by atoms with Gasteiger partial charge in [-0.1, -0.05) is 0 Å². The van der Waals surface area contributed by atoms with Gasteiger partial charge in [0.05, 0.1) is 13.2 Å². The maximum Gasteiger partial charge on any atom is 0.325 e. The number of rotatable bonds is 3. The van der Waals surface area contributed by atoms with E-state index < -0.39 is 5.54 Å². The van der Waals surface area contributed by atoms with Crippen LogP contribution in [-0.2, 0) is 9.53 Å². The number of hydrogen-bond acceptors (Lipinski definition) is 4. The van der Waals surface area contributed by atoms with Crippen molar-refractivity contribution in [3.8, 4) is 0 Å². The maximum atomic E-state index is 12.0. The standard InChI is InChI=1S/C9H15N3O3/c1-15-5-4-12-7(13)9(11-8(12)14)2-3-10-6-9/h10H,2-6H2,1H3,(H,11,14)/t9-/m1/s1. The number of nitrogens with one attached hydrogen (secondary N) is 2. The summed E-state index contributed by atoms with van der Waals surface area (Å²) in [6.07, 6.45) is 0.668. The van der Waals surface area contributed by atoms with Crippen molar-refractivity contribution in [2.45, 2.75) is 12.0 Å². The number of hydrogen-bond donors (Lipinski definition) is 2. The lowest BCUT2D eigenvalue weighted by atomic mass is 9.99. The van der Waals surface area contributed by atoms with Crippen LogP contribution in [0.25, 0.3) is 0 Å². The fourth-order valence-corrected chi connectivity index (χ4v) is 2.04. The molecule has 1 atom stereocenters. The topological polar surface area (TPSA) is 70.7 Å². The van der Waals surface area contributed by atoms with Gasteiger partial charge in [0.25, 0.3) is 5.91 Å². The van der Waals surface area contributed by atoms with Crippen LogP contribution < -0.4 is 10.6 Å². The molecule has 15 heavy (non-hydrogen) atoms. The predicted octanol–water partition coefficient (Wildman–Crippen LogP) is -1.08. The molecule has 0 unspecified atom stereocenters. The average molecular weight is 213 g/mol. The van der Waals surface area contributed by atoms with Crippen molar-refractivity contribution < 1.29 is 14.3 Å². The van der Waals surface area contributed by atoms with Gasteiger partial charge in [0.2, 0.25) is 0 Å². The van der Waals surface area contributed by atoms with Gasteiger partial charge in [-0.2, -0.15) is 0 Å². The molecule has 1 spiro atoms. The number of ether oxygens (including phenoxy) is 1. The smallest absolute Gasteiger partial charge is 0.325 e. The van der Waals surface area contributed by atoms with Crippen molar-refractivity contribution >= 4 is 11.9 Å². The van der Waals surface area contributed by atoms with Crippen LogP contribution in [0.4, 0.5) is 4.79 Å². The van der Waals surface area contributed by atoms with Gasteiger partial charge in [-0.3, -0.25) is 9.69 Å². The molecule has 2 aliphatic rings. The molecule has 2 rings (SSSR count). The summed E-state index contributed by atoms with van der Waals surface area (Å²) < 4.78 is 4.86. The number of urea groups is 1. The Kier molecular flexibility index (Phi) is 2.62.